The first-order valence-electron chi connectivity index (χ1n) is 8.02. The molecule has 5 heteroatoms. The molecule has 0 saturated heterocycles. The van der Waals surface area contributed by atoms with E-state index >= 15 is 0 Å². The lowest BCUT2D eigenvalue weighted by Crippen LogP contribution is -2.44. The minimum Gasteiger partial charge on any atom is -0.481 e. The van der Waals surface area contributed by atoms with Crippen molar-refractivity contribution in [2.75, 3.05) is 0 Å². The van der Waals surface area contributed by atoms with Crippen molar-refractivity contribution >= 4 is 12.0 Å². The molecule has 3 unspecified atom stereocenters. The van der Waals surface area contributed by atoms with Gasteiger partial charge in [0.25, 0.3) is 0 Å². The maximum absolute atomic E-state index is 11.8. The van der Waals surface area contributed by atoms with Crippen LogP contribution in [-0.2, 0) is 4.79 Å². The van der Waals surface area contributed by atoms with Gasteiger partial charge in [-0.25, -0.2) is 4.79 Å². The molecule has 21 heavy (non-hydrogen) atoms. The van der Waals surface area contributed by atoms with E-state index in [1.165, 1.54) is 0 Å². The fourth-order valence-electron chi connectivity index (χ4n) is 2.07. The first-order valence-corrected chi connectivity index (χ1v) is 8.02. The van der Waals surface area contributed by atoms with Gasteiger partial charge in [0, 0.05) is 12.1 Å². The summed E-state index contributed by atoms with van der Waals surface area (Å²) < 4.78 is 0. The minimum atomic E-state index is -0.757. The predicted molar refractivity (Wildman–Crippen MR) is 85.3 cm³/mol. The van der Waals surface area contributed by atoms with E-state index in [4.69, 9.17) is 5.11 Å². The highest BCUT2D eigenvalue weighted by Crippen LogP contribution is 2.10. The number of hydrogen-bond acceptors (Lipinski definition) is 2. The molecule has 0 aromatic rings. The minimum absolute atomic E-state index is 0.0586. The molecule has 0 heterocycles. The van der Waals surface area contributed by atoms with Crippen LogP contribution in [0.3, 0.4) is 0 Å². The van der Waals surface area contributed by atoms with Crippen molar-refractivity contribution in [3.63, 3.8) is 0 Å². The van der Waals surface area contributed by atoms with Gasteiger partial charge in [-0.15, -0.1) is 0 Å². The molecule has 0 aliphatic rings. The number of carboxylic acid groups (broad SMARTS) is 1. The van der Waals surface area contributed by atoms with Crippen LogP contribution in [0, 0.1) is 11.8 Å². The van der Waals surface area contributed by atoms with E-state index in [2.05, 4.69) is 24.5 Å². The molecule has 5 nitrogen and oxygen atoms in total. The summed E-state index contributed by atoms with van der Waals surface area (Å²) in [6, 6.07) is 0.0972. The number of aliphatic carboxylic acids is 1. The van der Waals surface area contributed by atoms with Crippen LogP contribution in [0.2, 0.25) is 0 Å². The molecular formula is C16H32N2O3. The maximum Gasteiger partial charge on any atom is 0.315 e. The zero-order valence-corrected chi connectivity index (χ0v) is 14.1. The summed E-state index contributed by atoms with van der Waals surface area (Å²) in [6.07, 6.45) is 4.33. The molecule has 2 amide bonds. The Kier molecular flexibility index (Phi) is 9.84. The fourth-order valence-corrected chi connectivity index (χ4v) is 2.07. The van der Waals surface area contributed by atoms with Gasteiger partial charge in [0.15, 0.2) is 0 Å². The number of carbonyl (C=O) groups excluding carboxylic acids is 1. The fraction of sp³-hybridized carbons (Fsp3) is 0.875. The van der Waals surface area contributed by atoms with Crippen LogP contribution in [0.25, 0.3) is 0 Å². The average molecular weight is 300 g/mol. The molecule has 0 aromatic carbocycles. The summed E-state index contributed by atoms with van der Waals surface area (Å²) >= 11 is 0. The third kappa shape index (κ3) is 11.1. The van der Waals surface area contributed by atoms with Gasteiger partial charge in [-0.3, -0.25) is 4.79 Å². The van der Waals surface area contributed by atoms with E-state index < -0.39 is 5.97 Å². The van der Waals surface area contributed by atoms with Gasteiger partial charge in [-0.1, -0.05) is 27.2 Å². The van der Waals surface area contributed by atoms with Crippen molar-refractivity contribution in [1.82, 2.24) is 10.6 Å². The largest absolute Gasteiger partial charge is 0.481 e. The van der Waals surface area contributed by atoms with Gasteiger partial charge in [0.1, 0.15) is 0 Å². The van der Waals surface area contributed by atoms with Gasteiger partial charge in [-0.2, -0.15) is 0 Å². The Labute approximate surface area is 128 Å². The lowest BCUT2D eigenvalue weighted by atomic mass is 10.0. The van der Waals surface area contributed by atoms with Crippen LogP contribution in [0.5, 0.6) is 0 Å². The number of urea groups is 1. The molecule has 0 saturated carbocycles. The highest BCUT2D eigenvalue weighted by Gasteiger charge is 2.13. The van der Waals surface area contributed by atoms with Gasteiger partial charge < -0.3 is 15.7 Å². The van der Waals surface area contributed by atoms with E-state index in [-0.39, 0.29) is 24.0 Å². The molecule has 3 atom stereocenters. The molecule has 0 aromatic heterocycles. The van der Waals surface area contributed by atoms with Crippen molar-refractivity contribution in [3.8, 4) is 0 Å². The zero-order valence-electron chi connectivity index (χ0n) is 14.1. The predicted octanol–water partition coefficient (Wildman–Crippen LogP) is 3.39. The Hall–Kier alpha value is -1.26. The van der Waals surface area contributed by atoms with Crippen molar-refractivity contribution in [2.45, 2.75) is 78.8 Å². The Morgan fingerprint density at radius 2 is 1.38 bits per heavy atom. The lowest BCUT2D eigenvalue weighted by molar-refractivity contribution is -0.141. The van der Waals surface area contributed by atoms with E-state index in [0.717, 1.165) is 25.7 Å². The van der Waals surface area contributed by atoms with E-state index in [1.54, 1.807) is 6.92 Å². The van der Waals surface area contributed by atoms with E-state index in [0.29, 0.717) is 12.3 Å². The van der Waals surface area contributed by atoms with Crippen LogP contribution in [-0.4, -0.2) is 29.2 Å². The molecular weight excluding hydrogens is 268 g/mol. The molecule has 3 N–H and O–H groups in total. The monoisotopic (exact) mass is 300 g/mol. The summed E-state index contributed by atoms with van der Waals surface area (Å²) in [4.78, 5) is 22.5. The van der Waals surface area contributed by atoms with Gasteiger partial charge in [-0.05, 0) is 45.4 Å². The number of amides is 2. The molecule has 0 aliphatic carbocycles. The molecule has 0 fully saturated rings. The molecule has 0 radical (unpaired) electrons. The number of hydrogen-bond donors (Lipinski definition) is 3. The number of carbonyl (C=O) groups is 2. The maximum atomic E-state index is 11.8. The number of nitrogens with one attached hydrogen (secondary N) is 2. The lowest BCUT2D eigenvalue weighted by Gasteiger charge is -2.19. The van der Waals surface area contributed by atoms with E-state index in [9.17, 15) is 9.59 Å². The average Bonchev–Trinajstić information content (AvgIpc) is 2.35. The first-order chi connectivity index (χ1) is 9.72. The number of rotatable bonds is 10. The standard InChI is InChI=1S/C16H32N2O3/c1-11(2)9-10-14(5)18-16(21)17-13(4)8-6-7-12(3)15(19)20/h11-14H,6-10H2,1-5H3,(H,19,20)(H2,17,18,21). The van der Waals surface area contributed by atoms with Crippen LogP contribution in [0.1, 0.15) is 66.7 Å². The molecule has 0 rings (SSSR count). The SMILES string of the molecule is CC(C)CCC(C)NC(=O)NC(C)CCCC(C)C(=O)O. The second-order valence-electron chi connectivity index (χ2n) is 6.56. The zero-order chi connectivity index (χ0) is 16.4. The van der Waals surface area contributed by atoms with Crippen LogP contribution < -0.4 is 10.6 Å². The number of carboxylic acids is 1. The van der Waals surface area contributed by atoms with E-state index in [1.807, 2.05) is 13.8 Å². The molecule has 0 spiro atoms. The summed E-state index contributed by atoms with van der Waals surface area (Å²) in [6.45, 7) is 10.0. The van der Waals surface area contributed by atoms with Crippen molar-refractivity contribution < 1.29 is 14.7 Å². The Morgan fingerprint density at radius 1 is 0.857 bits per heavy atom. The summed E-state index contributed by atoms with van der Waals surface area (Å²) in [7, 11) is 0. The summed E-state index contributed by atoms with van der Waals surface area (Å²) in [5.74, 6) is -0.429. The quantitative estimate of drug-likeness (QED) is 0.578. The Morgan fingerprint density at radius 3 is 1.86 bits per heavy atom. The van der Waals surface area contributed by atoms with Crippen LogP contribution >= 0.6 is 0 Å². The van der Waals surface area contributed by atoms with Crippen molar-refractivity contribution in [1.29, 1.82) is 0 Å². The topological polar surface area (TPSA) is 78.4 Å². The highest BCUT2D eigenvalue weighted by molar-refractivity contribution is 5.74. The molecule has 0 bridgehead atoms. The third-order valence-corrected chi connectivity index (χ3v) is 3.63. The smallest absolute Gasteiger partial charge is 0.315 e. The van der Waals surface area contributed by atoms with Crippen LogP contribution in [0.15, 0.2) is 0 Å². The van der Waals surface area contributed by atoms with Crippen LogP contribution in [0.4, 0.5) is 4.79 Å². The molecule has 0 aliphatic heterocycles. The van der Waals surface area contributed by atoms with Gasteiger partial charge in [0.2, 0.25) is 0 Å². The van der Waals surface area contributed by atoms with Gasteiger partial charge in [0.05, 0.1) is 5.92 Å². The first kappa shape index (κ1) is 19.7. The Bertz CT molecular complexity index is 319. The normalized spacial score (nSPS) is 15.3. The second kappa shape index (κ2) is 10.5. The molecule has 124 valence electrons. The third-order valence-electron chi connectivity index (χ3n) is 3.63. The second-order valence-corrected chi connectivity index (χ2v) is 6.56. The highest BCUT2D eigenvalue weighted by atomic mass is 16.4. The summed E-state index contributed by atoms with van der Waals surface area (Å²) in [5.41, 5.74) is 0. The summed E-state index contributed by atoms with van der Waals surface area (Å²) in [5, 5.41) is 14.6. The Balaban J connectivity index is 3.81. The van der Waals surface area contributed by atoms with Gasteiger partial charge >= 0.3 is 12.0 Å². The van der Waals surface area contributed by atoms with Crippen molar-refractivity contribution in [3.05, 3.63) is 0 Å². The van der Waals surface area contributed by atoms with Crippen molar-refractivity contribution in [2.24, 2.45) is 11.8 Å².